The summed E-state index contributed by atoms with van der Waals surface area (Å²) in [5, 5.41) is 8.48. The van der Waals surface area contributed by atoms with Crippen LogP contribution in [0.25, 0.3) is 10.9 Å². The quantitative estimate of drug-likeness (QED) is 0.640. The molecule has 1 fully saturated rings. The lowest BCUT2D eigenvalue weighted by Crippen LogP contribution is -2.48. The molecule has 1 unspecified atom stereocenters. The van der Waals surface area contributed by atoms with Crippen LogP contribution in [-0.2, 0) is 17.6 Å². The normalized spacial score (nSPS) is 19.2. The predicted octanol–water partition coefficient (Wildman–Crippen LogP) is 4.35. The number of piperazine rings is 1. The molecule has 1 aromatic heterocycles. The van der Waals surface area contributed by atoms with Crippen molar-refractivity contribution in [2.45, 2.75) is 31.7 Å². The van der Waals surface area contributed by atoms with E-state index in [0.717, 1.165) is 78.2 Å². The molecule has 2 N–H and O–H groups in total. The van der Waals surface area contributed by atoms with Crippen LogP contribution in [0.5, 0.6) is 0 Å². The summed E-state index contributed by atoms with van der Waals surface area (Å²) in [4.78, 5) is 20.4. The van der Waals surface area contributed by atoms with Gasteiger partial charge >= 0.3 is 0 Å². The van der Waals surface area contributed by atoms with Crippen molar-refractivity contribution in [3.05, 3.63) is 70.4 Å². The highest BCUT2D eigenvalue weighted by molar-refractivity contribution is 6.30. The van der Waals surface area contributed by atoms with Gasteiger partial charge in [0.2, 0.25) is 5.91 Å². The van der Waals surface area contributed by atoms with E-state index in [-0.39, 0.29) is 11.9 Å². The Morgan fingerprint density at radius 1 is 1.16 bits per heavy atom. The number of hydrogen-bond acceptors (Lipinski definition) is 4. The topological polar surface area (TPSA) is 57.3 Å². The van der Waals surface area contributed by atoms with E-state index in [4.69, 9.17) is 16.6 Å². The van der Waals surface area contributed by atoms with Crippen molar-refractivity contribution in [2.24, 2.45) is 0 Å². The third-order valence-corrected chi connectivity index (χ3v) is 6.60. The average molecular weight is 435 g/mol. The second kappa shape index (κ2) is 8.95. The number of rotatable bonds is 4. The third-order valence-electron chi connectivity index (χ3n) is 6.37. The average Bonchev–Trinajstić information content (AvgIpc) is 2.79. The standard InChI is InChI=1S/C25H27ClN4O/c26-18-7-5-6-17(14-18)23-15-27-12-13-30(23)16-24(31)29-25-19-8-1-3-10-21(19)28-22-11-4-2-9-20(22)25/h1,3,5-8,10,14,23,27H,2,4,9,11-13,15-16H2,(H,28,29,31). The van der Waals surface area contributed by atoms with E-state index in [2.05, 4.69) is 27.7 Å². The zero-order valence-electron chi connectivity index (χ0n) is 17.5. The molecule has 0 bridgehead atoms. The number of amides is 1. The van der Waals surface area contributed by atoms with Gasteiger partial charge in [-0.1, -0.05) is 41.9 Å². The fourth-order valence-electron chi connectivity index (χ4n) is 4.86. The minimum absolute atomic E-state index is 0.0260. The summed E-state index contributed by atoms with van der Waals surface area (Å²) in [7, 11) is 0. The van der Waals surface area contributed by atoms with Crippen molar-refractivity contribution in [3.63, 3.8) is 0 Å². The van der Waals surface area contributed by atoms with Crippen LogP contribution in [0.15, 0.2) is 48.5 Å². The molecule has 5 rings (SSSR count). The van der Waals surface area contributed by atoms with Crippen LogP contribution in [0.3, 0.4) is 0 Å². The first-order valence-corrected chi connectivity index (χ1v) is 11.5. The first-order chi connectivity index (χ1) is 15.2. The number of halogens is 1. The van der Waals surface area contributed by atoms with Gasteiger partial charge in [0.15, 0.2) is 0 Å². The first-order valence-electron chi connectivity index (χ1n) is 11.1. The number of aryl methyl sites for hydroxylation is 1. The highest BCUT2D eigenvalue weighted by Gasteiger charge is 2.27. The molecule has 5 nitrogen and oxygen atoms in total. The van der Waals surface area contributed by atoms with Crippen LogP contribution in [0.1, 0.15) is 35.7 Å². The lowest BCUT2D eigenvalue weighted by molar-refractivity contribution is -0.118. The number of anilines is 1. The van der Waals surface area contributed by atoms with E-state index in [9.17, 15) is 4.79 Å². The number of carbonyl (C=O) groups is 1. The van der Waals surface area contributed by atoms with Gasteiger partial charge in [-0.3, -0.25) is 14.7 Å². The lowest BCUT2D eigenvalue weighted by Gasteiger charge is -2.36. The van der Waals surface area contributed by atoms with E-state index in [1.54, 1.807) is 0 Å². The van der Waals surface area contributed by atoms with E-state index in [1.165, 1.54) is 5.56 Å². The van der Waals surface area contributed by atoms with Crippen molar-refractivity contribution in [2.75, 3.05) is 31.5 Å². The molecule has 3 aromatic rings. The Balaban J connectivity index is 1.41. The van der Waals surface area contributed by atoms with Crippen molar-refractivity contribution in [1.29, 1.82) is 0 Å². The van der Waals surface area contributed by atoms with Gasteiger partial charge in [0.1, 0.15) is 0 Å². The number of pyridine rings is 1. The van der Waals surface area contributed by atoms with Gasteiger partial charge in [-0.25, -0.2) is 0 Å². The van der Waals surface area contributed by atoms with Crippen molar-refractivity contribution < 1.29 is 4.79 Å². The molecule has 2 aliphatic rings. The lowest BCUT2D eigenvalue weighted by atomic mass is 9.92. The van der Waals surface area contributed by atoms with Gasteiger partial charge in [0.25, 0.3) is 0 Å². The molecule has 31 heavy (non-hydrogen) atoms. The van der Waals surface area contributed by atoms with E-state index in [1.807, 2.05) is 36.4 Å². The molecular formula is C25H27ClN4O. The molecule has 160 valence electrons. The Bertz CT molecular complexity index is 1120. The SMILES string of the molecule is O=C(CN1CCNCC1c1cccc(Cl)c1)Nc1c2c(nc3ccccc13)CCCC2. The monoisotopic (exact) mass is 434 g/mol. The maximum Gasteiger partial charge on any atom is 0.238 e. The molecule has 1 aliphatic carbocycles. The van der Waals surface area contributed by atoms with E-state index in [0.29, 0.717) is 6.54 Å². The molecule has 2 heterocycles. The number of para-hydroxylation sites is 1. The van der Waals surface area contributed by atoms with Crippen LogP contribution in [0.4, 0.5) is 5.69 Å². The molecule has 0 radical (unpaired) electrons. The number of fused-ring (bicyclic) bond motifs is 2. The molecule has 1 saturated heterocycles. The second-order valence-electron chi connectivity index (χ2n) is 8.43. The fourth-order valence-corrected chi connectivity index (χ4v) is 5.06. The number of nitrogens with one attached hydrogen (secondary N) is 2. The Hall–Kier alpha value is -2.47. The number of nitrogens with zero attached hydrogens (tertiary/aromatic N) is 2. The largest absolute Gasteiger partial charge is 0.324 e. The van der Waals surface area contributed by atoms with Crippen LogP contribution < -0.4 is 10.6 Å². The Morgan fingerprint density at radius 2 is 2.03 bits per heavy atom. The molecule has 1 amide bonds. The number of hydrogen-bond donors (Lipinski definition) is 2. The Kier molecular flexibility index (Phi) is 5.90. The maximum absolute atomic E-state index is 13.2. The summed E-state index contributed by atoms with van der Waals surface area (Å²) >= 11 is 6.22. The van der Waals surface area contributed by atoms with Crippen LogP contribution in [0, 0.1) is 0 Å². The minimum Gasteiger partial charge on any atom is -0.324 e. The van der Waals surface area contributed by atoms with Gasteiger partial charge in [-0.15, -0.1) is 0 Å². The van der Waals surface area contributed by atoms with Gasteiger partial charge < -0.3 is 10.6 Å². The fraction of sp³-hybridized carbons (Fsp3) is 0.360. The highest BCUT2D eigenvalue weighted by Crippen LogP contribution is 2.33. The zero-order valence-corrected chi connectivity index (χ0v) is 18.3. The summed E-state index contributed by atoms with van der Waals surface area (Å²) < 4.78 is 0. The molecule has 1 atom stereocenters. The van der Waals surface area contributed by atoms with Crippen molar-refractivity contribution in [1.82, 2.24) is 15.2 Å². The van der Waals surface area contributed by atoms with Gasteiger partial charge in [-0.2, -0.15) is 0 Å². The van der Waals surface area contributed by atoms with Crippen LogP contribution >= 0.6 is 11.6 Å². The number of carbonyl (C=O) groups excluding carboxylic acids is 1. The smallest absolute Gasteiger partial charge is 0.238 e. The molecule has 0 saturated carbocycles. The zero-order chi connectivity index (χ0) is 21.2. The minimum atomic E-state index is 0.0260. The predicted molar refractivity (Wildman–Crippen MR) is 126 cm³/mol. The summed E-state index contributed by atoms with van der Waals surface area (Å²) in [6, 6.07) is 16.2. The maximum atomic E-state index is 13.2. The Labute approximate surface area is 187 Å². The number of benzene rings is 2. The van der Waals surface area contributed by atoms with Crippen molar-refractivity contribution >= 4 is 34.1 Å². The highest BCUT2D eigenvalue weighted by atomic mass is 35.5. The van der Waals surface area contributed by atoms with Gasteiger partial charge in [0.05, 0.1) is 17.7 Å². The molecule has 0 spiro atoms. The third kappa shape index (κ3) is 4.31. The second-order valence-corrected chi connectivity index (χ2v) is 8.87. The van der Waals surface area contributed by atoms with Crippen LogP contribution in [-0.4, -0.2) is 42.0 Å². The molecular weight excluding hydrogens is 408 g/mol. The molecule has 2 aromatic carbocycles. The van der Waals surface area contributed by atoms with Crippen LogP contribution in [0.2, 0.25) is 5.02 Å². The van der Waals surface area contributed by atoms with Gasteiger partial charge in [0, 0.05) is 41.8 Å². The van der Waals surface area contributed by atoms with Crippen molar-refractivity contribution in [3.8, 4) is 0 Å². The van der Waals surface area contributed by atoms with E-state index < -0.39 is 0 Å². The summed E-state index contributed by atoms with van der Waals surface area (Å²) in [6.45, 7) is 2.85. The molecule has 6 heteroatoms. The summed E-state index contributed by atoms with van der Waals surface area (Å²) in [6.07, 6.45) is 4.26. The first kappa shape index (κ1) is 20.4. The summed E-state index contributed by atoms with van der Waals surface area (Å²) in [5.41, 5.74) is 5.40. The Morgan fingerprint density at radius 3 is 2.94 bits per heavy atom. The summed E-state index contributed by atoms with van der Waals surface area (Å²) in [5.74, 6) is 0.0260. The van der Waals surface area contributed by atoms with Gasteiger partial charge in [-0.05, 0) is 55.0 Å². The van der Waals surface area contributed by atoms with E-state index >= 15 is 0 Å². The number of aromatic nitrogens is 1. The molecule has 1 aliphatic heterocycles.